The maximum absolute atomic E-state index is 13.1. The summed E-state index contributed by atoms with van der Waals surface area (Å²) in [6, 6.07) is 16.7. The van der Waals surface area contributed by atoms with E-state index in [1.165, 1.54) is 12.1 Å². The summed E-state index contributed by atoms with van der Waals surface area (Å²) in [7, 11) is -3.39. The molecular weight excluding hydrogens is 445 g/mol. The number of hydrogen-bond donors (Lipinski definition) is 2. The van der Waals surface area contributed by atoms with E-state index in [2.05, 4.69) is 25.0 Å². The normalized spacial score (nSPS) is 11.4. The molecule has 10 heteroatoms. The van der Waals surface area contributed by atoms with Crippen LogP contribution < -0.4 is 14.8 Å². The molecule has 2 aromatic heterocycles. The smallest absolute Gasteiger partial charge is 0.245 e. The summed E-state index contributed by atoms with van der Waals surface area (Å²) in [4.78, 5) is 13.6. The number of benzene rings is 2. The molecule has 2 aromatic carbocycles. The molecule has 8 nitrogen and oxygen atoms in total. The largest absolute Gasteiger partial charge is 0.476 e. The van der Waals surface area contributed by atoms with Crippen molar-refractivity contribution in [1.29, 1.82) is 0 Å². The highest BCUT2D eigenvalue weighted by Gasteiger charge is 2.13. The second-order valence-electron chi connectivity index (χ2n) is 7.28. The van der Waals surface area contributed by atoms with E-state index in [0.717, 1.165) is 17.4 Å². The van der Waals surface area contributed by atoms with Gasteiger partial charge in [0.25, 0.3) is 0 Å². The molecule has 33 heavy (non-hydrogen) atoms. The highest BCUT2D eigenvalue weighted by atomic mass is 32.2. The van der Waals surface area contributed by atoms with E-state index in [9.17, 15) is 12.8 Å². The summed E-state index contributed by atoms with van der Waals surface area (Å²) in [6.45, 7) is 2.66. The molecule has 0 saturated carbocycles. The second kappa shape index (κ2) is 9.37. The molecule has 0 amide bonds. The molecule has 170 valence electrons. The van der Waals surface area contributed by atoms with Crippen LogP contribution in [0.5, 0.6) is 5.88 Å². The third-order valence-corrected chi connectivity index (χ3v) is 5.22. The predicted molar refractivity (Wildman–Crippen MR) is 126 cm³/mol. The van der Waals surface area contributed by atoms with E-state index < -0.39 is 10.0 Å². The molecule has 4 aromatic rings. The highest BCUT2D eigenvalue weighted by Crippen LogP contribution is 2.28. The number of sulfonamides is 1. The van der Waals surface area contributed by atoms with Crippen LogP contribution in [0.4, 0.5) is 16.0 Å². The van der Waals surface area contributed by atoms with Crippen LogP contribution in [-0.4, -0.2) is 36.2 Å². The average molecular weight is 468 g/mol. The third-order valence-electron chi connectivity index (χ3n) is 4.62. The summed E-state index contributed by atoms with van der Waals surface area (Å²) < 4.78 is 44.4. The fourth-order valence-electron chi connectivity index (χ4n) is 3.20. The van der Waals surface area contributed by atoms with Gasteiger partial charge in [0.05, 0.1) is 24.1 Å². The van der Waals surface area contributed by atoms with Crippen molar-refractivity contribution in [2.45, 2.75) is 13.5 Å². The predicted octanol–water partition coefficient (Wildman–Crippen LogP) is 4.21. The van der Waals surface area contributed by atoms with Gasteiger partial charge in [-0.05, 0) is 48.9 Å². The van der Waals surface area contributed by atoms with Crippen molar-refractivity contribution in [3.63, 3.8) is 0 Å². The van der Waals surface area contributed by atoms with Crippen LogP contribution in [0.3, 0.4) is 0 Å². The van der Waals surface area contributed by atoms with Crippen LogP contribution >= 0.6 is 0 Å². The Morgan fingerprint density at radius 3 is 2.52 bits per heavy atom. The highest BCUT2D eigenvalue weighted by molar-refractivity contribution is 7.92. The van der Waals surface area contributed by atoms with E-state index >= 15 is 0 Å². The molecule has 0 aliphatic heterocycles. The Balaban J connectivity index is 1.66. The summed E-state index contributed by atoms with van der Waals surface area (Å²) in [5, 5.41) is 3.13. The quantitative estimate of drug-likeness (QED) is 0.400. The standard InChI is InChI=1S/C23H22FN5O3S/c1-3-32-22-21-20(27-23(28-22)25-14-15-7-9-17(24)10-8-15)12-11-19(26-21)16-5-4-6-18(13-16)29-33(2,30)31/h4-13,29H,3,14H2,1-2H3,(H,25,27,28). The Morgan fingerprint density at radius 1 is 1.00 bits per heavy atom. The van der Waals surface area contributed by atoms with Gasteiger partial charge < -0.3 is 10.1 Å². The number of rotatable bonds is 8. The lowest BCUT2D eigenvalue weighted by molar-refractivity contribution is 0.330. The van der Waals surface area contributed by atoms with Crippen molar-refractivity contribution in [3.8, 4) is 17.1 Å². The first-order valence-corrected chi connectivity index (χ1v) is 12.1. The van der Waals surface area contributed by atoms with Gasteiger partial charge in [-0.15, -0.1) is 0 Å². The van der Waals surface area contributed by atoms with Crippen LogP contribution in [0, 0.1) is 5.82 Å². The molecule has 0 bridgehead atoms. The molecule has 4 rings (SSSR count). The maximum atomic E-state index is 13.1. The third kappa shape index (κ3) is 5.72. The Morgan fingerprint density at radius 2 is 1.79 bits per heavy atom. The minimum atomic E-state index is -3.39. The maximum Gasteiger partial charge on any atom is 0.245 e. The first kappa shape index (κ1) is 22.4. The lowest BCUT2D eigenvalue weighted by Gasteiger charge is -2.11. The Bertz CT molecular complexity index is 1400. The van der Waals surface area contributed by atoms with Crippen LogP contribution in [0.15, 0.2) is 60.7 Å². The number of fused-ring (bicyclic) bond motifs is 1. The fraction of sp³-hybridized carbons (Fsp3) is 0.174. The van der Waals surface area contributed by atoms with Crippen LogP contribution in [0.1, 0.15) is 12.5 Å². The summed E-state index contributed by atoms with van der Waals surface area (Å²) in [5.41, 5.74) is 3.75. The minimum absolute atomic E-state index is 0.293. The zero-order chi connectivity index (χ0) is 23.4. The Kier molecular flexibility index (Phi) is 6.36. The molecule has 0 saturated heterocycles. The van der Waals surface area contributed by atoms with Gasteiger partial charge in [-0.25, -0.2) is 22.8 Å². The Labute approximate surface area is 190 Å². The monoisotopic (exact) mass is 467 g/mol. The zero-order valence-electron chi connectivity index (χ0n) is 18.0. The lowest BCUT2D eigenvalue weighted by Crippen LogP contribution is -2.09. The van der Waals surface area contributed by atoms with Gasteiger partial charge in [0.1, 0.15) is 5.82 Å². The van der Waals surface area contributed by atoms with Crippen LogP contribution in [0.25, 0.3) is 22.3 Å². The lowest BCUT2D eigenvalue weighted by atomic mass is 10.1. The number of pyridine rings is 1. The number of anilines is 2. The molecule has 0 radical (unpaired) electrons. The molecule has 0 aliphatic carbocycles. The fourth-order valence-corrected chi connectivity index (χ4v) is 3.76. The SMILES string of the molecule is CCOc1nc(NCc2ccc(F)cc2)nc2ccc(-c3cccc(NS(C)(=O)=O)c3)nc12. The van der Waals surface area contributed by atoms with E-state index in [1.807, 2.05) is 19.1 Å². The number of ether oxygens (including phenoxy) is 1. The van der Waals surface area contributed by atoms with Gasteiger partial charge in [0.2, 0.25) is 21.9 Å². The molecule has 0 aliphatic rings. The summed E-state index contributed by atoms with van der Waals surface area (Å²) in [5.74, 6) is 0.402. The van der Waals surface area contributed by atoms with Gasteiger partial charge in [-0.1, -0.05) is 24.3 Å². The number of nitrogens with zero attached hydrogens (tertiary/aromatic N) is 3. The van der Waals surface area contributed by atoms with E-state index in [4.69, 9.17) is 4.74 Å². The summed E-state index contributed by atoms with van der Waals surface area (Å²) in [6.07, 6.45) is 1.10. The second-order valence-corrected chi connectivity index (χ2v) is 9.03. The first-order valence-electron chi connectivity index (χ1n) is 10.2. The van der Waals surface area contributed by atoms with Crippen LogP contribution in [0.2, 0.25) is 0 Å². The van der Waals surface area contributed by atoms with E-state index in [-0.39, 0.29) is 5.82 Å². The molecule has 0 spiro atoms. The van der Waals surface area contributed by atoms with Crippen molar-refractivity contribution in [2.24, 2.45) is 0 Å². The number of hydrogen-bond acceptors (Lipinski definition) is 7. The molecule has 0 atom stereocenters. The van der Waals surface area contributed by atoms with Gasteiger partial charge >= 0.3 is 0 Å². The van der Waals surface area contributed by atoms with E-state index in [0.29, 0.717) is 47.4 Å². The molecule has 2 heterocycles. The molecule has 2 N–H and O–H groups in total. The van der Waals surface area contributed by atoms with Crippen molar-refractivity contribution >= 4 is 32.7 Å². The molecule has 0 fully saturated rings. The van der Waals surface area contributed by atoms with Gasteiger partial charge in [-0.3, -0.25) is 4.72 Å². The number of aromatic nitrogens is 3. The number of nitrogens with one attached hydrogen (secondary N) is 2. The van der Waals surface area contributed by atoms with Crippen molar-refractivity contribution < 1.29 is 17.5 Å². The topological polar surface area (TPSA) is 106 Å². The minimum Gasteiger partial charge on any atom is -0.476 e. The van der Waals surface area contributed by atoms with Crippen molar-refractivity contribution in [2.75, 3.05) is 22.9 Å². The number of halogens is 1. The first-order chi connectivity index (χ1) is 15.8. The van der Waals surface area contributed by atoms with Crippen molar-refractivity contribution in [3.05, 3.63) is 72.0 Å². The zero-order valence-corrected chi connectivity index (χ0v) is 18.9. The van der Waals surface area contributed by atoms with E-state index in [1.54, 1.807) is 36.4 Å². The van der Waals surface area contributed by atoms with Gasteiger partial charge in [0.15, 0.2) is 5.52 Å². The van der Waals surface area contributed by atoms with Gasteiger partial charge in [0, 0.05) is 17.8 Å². The van der Waals surface area contributed by atoms with Crippen LogP contribution in [-0.2, 0) is 16.6 Å². The Hall–Kier alpha value is -3.79. The average Bonchev–Trinajstić information content (AvgIpc) is 2.78. The molecule has 0 unspecified atom stereocenters. The summed E-state index contributed by atoms with van der Waals surface area (Å²) >= 11 is 0. The molecular formula is C23H22FN5O3S. The van der Waals surface area contributed by atoms with Gasteiger partial charge in [-0.2, -0.15) is 4.98 Å². The van der Waals surface area contributed by atoms with Crippen molar-refractivity contribution in [1.82, 2.24) is 15.0 Å².